The average molecular weight is 507 g/mol. The lowest BCUT2D eigenvalue weighted by molar-refractivity contribution is 0.0600. The summed E-state index contributed by atoms with van der Waals surface area (Å²) in [7, 11) is -2.85. The zero-order chi connectivity index (χ0) is 24.9. The molecule has 0 radical (unpaired) electrons. The SMILES string of the molecule is COC(=O)c1ccc(COc2cc(Cl)c(C)cc2N(C[C@@H](C)F)S(=O)(=O)c2cccnc2)cc1. The molecule has 10 heteroatoms. The third-order valence-corrected chi connectivity index (χ3v) is 7.09. The standard InChI is InChI=1S/C24H24ClFN2O5S/c1-16-11-22(28(14-17(2)26)34(30,31)20-5-4-10-27-13-20)23(12-21(16)25)33-15-18-6-8-19(9-7-18)24(29)32-3/h4-13,17H,14-15H2,1-3H3/t17-/m1/s1. The summed E-state index contributed by atoms with van der Waals surface area (Å²) in [4.78, 5) is 15.4. The molecular formula is C24H24ClFN2O5S. The van der Waals surface area contributed by atoms with Crippen LogP contribution in [0.1, 0.15) is 28.4 Å². The molecule has 1 heterocycles. The summed E-state index contributed by atoms with van der Waals surface area (Å²) in [5, 5.41) is 0.367. The molecule has 0 aliphatic carbocycles. The van der Waals surface area contributed by atoms with Crippen molar-refractivity contribution in [3.8, 4) is 5.75 Å². The van der Waals surface area contributed by atoms with Gasteiger partial charge in [-0.05, 0) is 55.3 Å². The van der Waals surface area contributed by atoms with Crippen LogP contribution in [0, 0.1) is 6.92 Å². The fraction of sp³-hybridized carbons (Fsp3) is 0.250. The van der Waals surface area contributed by atoms with Gasteiger partial charge in [0, 0.05) is 23.5 Å². The van der Waals surface area contributed by atoms with Crippen molar-refractivity contribution in [2.45, 2.75) is 31.5 Å². The zero-order valence-electron chi connectivity index (χ0n) is 18.9. The normalized spacial score (nSPS) is 12.1. The number of nitrogens with zero attached hydrogens (tertiary/aromatic N) is 2. The third kappa shape index (κ3) is 5.84. The maximum absolute atomic E-state index is 14.2. The molecule has 180 valence electrons. The van der Waals surface area contributed by atoms with Crippen molar-refractivity contribution in [2.24, 2.45) is 0 Å². The molecule has 3 aromatic rings. The van der Waals surface area contributed by atoms with E-state index in [1.165, 1.54) is 44.6 Å². The number of ether oxygens (including phenoxy) is 2. The number of alkyl halides is 1. The first-order valence-electron chi connectivity index (χ1n) is 10.3. The van der Waals surface area contributed by atoms with Gasteiger partial charge < -0.3 is 9.47 Å². The number of halogens is 2. The highest BCUT2D eigenvalue weighted by molar-refractivity contribution is 7.92. The van der Waals surface area contributed by atoms with Crippen molar-refractivity contribution in [1.29, 1.82) is 0 Å². The molecule has 3 rings (SSSR count). The summed E-state index contributed by atoms with van der Waals surface area (Å²) >= 11 is 6.30. The number of methoxy groups -OCH3 is 1. The lowest BCUT2D eigenvalue weighted by Crippen LogP contribution is -2.36. The van der Waals surface area contributed by atoms with Gasteiger partial charge >= 0.3 is 5.97 Å². The van der Waals surface area contributed by atoms with Crippen molar-refractivity contribution >= 4 is 33.3 Å². The monoisotopic (exact) mass is 506 g/mol. The highest BCUT2D eigenvalue weighted by Crippen LogP contribution is 2.37. The Kier molecular flexibility index (Phi) is 8.11. The Bertz CT molecular complexity index is 1250. The number of hydrogen-bond acceptors (Lipinski definition) is 6. The second-order valence-corrected chi connectivity index (χ2v) is 9.82. The molecule has 0 amide bonds. The molecule has 0 fully saturated rings. The minimum absolute atomic E-state index is 0.0554. The molecule has 1 atom stereocenters. The number of pyridine rings is 1. The Morgan fingerprint density at radius 2 is 1.91 bits per heavy atom. The van der Waals surface area contributed by atoms with Gasteiger partial charge in [0.15, 0.2) is 0 Å². The van der Waals surface area contributed by atoms with Gasteiger partial charge in [-0.15, -0.1) is 0 Å². The number of carbonyl (C=O) groups excluding carboxylic acids is 1. The van der Waals surface area contributed by atoms with Crippen LogP contribution in [0.2, 0.25) is 5.02 Å². The van der Waals surface area contributed by atoms with E-state index in [0.717, 1.165) is 9.87 Å². The van der Waals surface area contributed by atoms with Gasteiger partial charge in [0.25, 0.3) is 10.0 Å². The smallest absolute Gasteiger partial charge is 0.337 e. The molecule has 0 N–H and O–H groups in total. The van der Waals surface area contributed by atoms with Crippen LogP contribution in [-0.4, -0.2) is 39.2 Å². The molecule has 0 unspecified atom stereocenters. The Morgan fingerprint density at radius 3 is 2.50 bits per heavy atom. The van der Waals surface area contributed by atoms with Gasteiger partial charge in [0.2, 0.25) is 0 Å². The van der Waals surface area contributed by atoms with Crippen LogP contribution in [-0.2, 0) is 21.4 Å². The number of rotatable bonds is 9. The largest absolute Gasteiger partial charge is 0.487 e. The molecule has 2 aromatic carbocycles. The summed E-state index contributed by atoms with van der Waals surface area (Å²) in [5.41, 5.74) is 1.86. The first kappa shape index (κ1) is 25.5. The number of carbonyl (C=O) groups is 1. The van der Waals surface area contributed by atoms with E-state index in [1.54, 1.807) is 37.3 Å². The van der Waals surface area contributed by atoms with Gasteiger partial charge in [0.05, 0.1) is 24.9 Å². The van der Waals surface area contributed by atoms with Crippen LogP contribution in [0.25, 0.3) is 0 Å². The quantitative estimate of drug-likeness (QED) is 0.381. The number of hydrogen-bond donors (Lipinski definition) is 0. The summed E-state index contributed by atoms with van der Waals surface area (Å²) < 4.78 is 52.6. The summed E-state index contributed by atoms with van der Waals surface area (Å²) in [6.07, 6.45) is 1.20. The molecule has 1 aromatic heterocycles. The van der Waals surface area contributed by atoms with Crippen LogP contribution in [0.4, 0.5) is 10.1 Å². The van der Waals surface area contributed by atoms with Crippen LogP contribution in [0.3, 0.4) is 0 Å². The highest BCUT2D eigenvalue weighted by Gasteiger charge is 2.30. The van der Waals surface area contributed by atoms with Crippen molar-refractivity contribution in [2.75, 3.05) is 18.0 Å². The Labute approximate surface area is 203 Å². The maximum Gasteiger partial charge on any atom is 0.337 e. The average Bonchev–Trinajstić information content (AvgIpc) is 2.83. The molecule has 7 nitrogen and oxygen atoms in total. The van der Waals surface area contributed by atoms with Crippen molar-refractivity contribution < 1.29 is 27.1 Å². The van der Waals surface area contributed by atoms with Crippen molar-refractivity contribution in [3.05, 3.63) is 82.6 Å². The van der Waals surface area contributed by atoms with Gasteiger partial charge in [0.1, 0.15) is 23.4 Å². The van der Waals surface area contributed by atoms with Crippen molar-refractivity contribution in [1.82, 2.24) is 4.98 Å². The van der Waals surface area contributed by atoms with E-state index < -0.39 is 28.7 Å². The molecule has 0 aliphatic heterocycles. The van der Waals surface area contributed by atoms with E-state index in [2.05, 4.69) is 9.72 Å². The first-order chi connectivity index (χ1) is 16.1. The summed E-state index contributed by atoms with van der Waals surface area (Å²) in [5.74, 6) is -0.294. The Balaban J connectivity index is 1.99. The lowest BCUT2D eigenvalue weighted by Gasteiger charge is -2.27. The van der Waals surface area contributed by atoms with E-state index in [0.29, 0.717) is 16.1 Å². The predicted molar refractivity (Wildman–Crippen MR) is 128 cm³/mol. The predicted octanol–water partition coefficient (Wildman–Crippen LogP) is 4.96. The molecular weight excluding hydrogens is 483 g/mol. The van der Waals surface area contributed by atoms with Gasteiger partial charge in [-0.3, -0.25) is 9.29 Å². The molecule has 0 aliphatic rings. The zero-order valence-corrected chi connectivity index (χ0v) is 20.4. The number of anilines is 1. The Hall–Kier alpha value is -3.17. The van der Waals surface area contributed by atoms with E-state index in [-0.39, 0.29) is 22.9 Å². The minimum Gasteiger partial charge on any atom is -0.487 e. The summed E-state index contributed by atoms with van der Waals surface area (Å²) in [6.45, 7) is 2.62. The van der Waals surface area contributed by atoms with E-state index >= 15 is 0 Å². The third-order valence-electron chi connectivity index (χ3n) is 4.92. The van der Waals surface area contributed by atoms with E-state index in [4.69, 9.17) is 16.3 Å². The van der Waals surface area contributed by atoms with Gasteiger partial charge in [-0.2, -0.15) is 0 Å². The first-order valence-corrected chi connectivity index (χ1v) is 12.1. The second kappa shape index (κ2) is 10.8. The summed E-state index contributed by atoms with van der Waals surface area (Å²) in [6, 6.07) is 12.5. The van der Waals surface area contributed by atoms with Crippen LogP contribution in [0.15, 0.2) is 65.8 Å². The number of sulfonamides is 1. The van der Waals surface area contributed by atoms with Gasteiger partial charge in [-0.1, -0.05) is 23.7 Å². The topological polar surface area (TPSA) is 85.8 Å². The molecule has 0 spiro atoms. The van der Waals surface area contributed by atoms with Crippen LogP contribution in [0.5, 0.6) is 5.75 Å². The van der Waals surface area contributed by atoms with E-state index in [1.807, 2.05) is 0 Å². The molecule has 34 heavy (non-hydrogen) atoms. The molecule has 0 saturated heterocycles. The maximum atomic E-state index is 14.2. The molecule has 0 bridgehead atoms. The van der Waals surface area contributed by atoms with E-state index in [9.17, 15) is 17.6 Å². The second-order valence-electron chi connectivity index (χ2n) is 7.55. The number of aromatic nitrogens is 1. The van der Waals surface area contributed by atoms with Crippen LogP contribution < -0.4 is 9.04 Å². The molecule has 0 saturated carbocycles. The fourth-order valence-electron chi connectivity index (χ4n) is 3.16. The lowest BCUT2D eigenvalue weighted by atomic mass is 10.1. The highest BCUT2D eigenvalue weighted by atomic mass is 35.5. The van der Waals surface area contributed by atoms with Gasteiger partial charge in [-0.25, -0.2) is 17.6 Å². The number of esters is 1. The number of benzene rings is 2. The minimum atomic E-state index is -4.15. The Morgan fingerprint density at radius 1 is 1.21 bits per heavy atom. The van der Waals surface area contributed by atoms with Crippen molar-refractivity contribution in [3.63, 3.8) is 0 Å². The van der Waals surface area contributed by atoms with Crippen LogP contribution >= 0.6 is 11.6 Å². The fourth-order valence-corrected chi connectivity index (χ4v) is 4.81. The number of aryl methyl sites for hydroxylation is 1.